The number of nitrogens with zero attached hydrogens (tertiary/aromatic N) is 1. The van der Waals surface area contributed by atoms with Crippen LogP contribution in [-0.4, -0.2) is 5.11 Å². The normalized spacial score (nSPS) is 9.23. The lowest BCUT2D eigenvalue weighted by atomic mass is 10.1. The van der Waals surface area contributed by atoms with Gasteiger partial charge in [-0.1, -0.05) is 17.7 Å². The SMILES string of the molecule is C=CCc1cc(O)cc(Cl)c1C#N. The summed E-state index contributed by atoms with van der Waals surface area (Å²) in [5, 5.41) is 18.3. The van der Waals surface area contributed by atoms with E-state index >= 15 is 0 Å². The van der Waals surface area contributed by atoms with Crippen molar-refractivity contribution in [2.24, 2.45) is 0 Å². The third kappa shape index (κ3) is 2.01. The monoisotopic (exact) mass is 193 g/mol. The summed E-state index contributed by atoms with van der Waals surface area (Å²) in [4.78, 5) is 0. The molecule has 0 unspecified atom stereocenters. The number of rotatable bonds is 2. The second-order valence-electron chi connectivity index (χ2n) is 2.57. The zero-order chi connectivity index (χ0) is 9.84. The maximum absolute atomic E-state index is 9.21. The van der Waals surface area contributed by atoms with Crippen molar-refractivity contribution < 1.29 is 5.11 Å². The van der Waals surface area contributed by atoms with Gasteiger partial charge in [-0.3, -0.25) is 0 Å². The number of hydrogen-bond acceptors (Lipinski definition) is 2. The van der Waals surface area contributed by atoms with E-state index in [2.05, 4.69) is 6.58 Å². The number of aromatic hydroxyl groups is 1. The van der Waals surface area contributed by atoms with Gasteiger partial charge >= 0.3 is 0 Å². The van der Waals surface area contributed by atoms with Gasteiger partial charge in [0, 0.05) is 0 Å². The summed E-state index contributed by atoms with van der Waals surface area (Å²) in [5.41, 5.74) is 1.10. The first-order valence-corrected chi connectivity index (χ1v) is 4.09. The highest BCUT2D eigenvalue weighted by molar-refractivity contribution is 6.32. The Morgan fingerprint density at radius 2 is 2.31 bits per heavy atom. The Labute approximate surface area is 81.7 Å². The van der Waals surface area contributed by atoms with E-state index in [0.717, 1.165) is 0 Å². The molecule has 3 heteroatoms. The van der Waals surface area contributed by atoms with Crippen LogP contribution in [0.15, 0.2) is 24.8 Å². The third-order valence-electron chi connectivity index (χ3n) is 1.63. The molecule has 0 radical (unpaired) electrons. The molecule has 0 atom stereocenters. The molecule has 0 aromatic heterocycles. The number of allylic oxidation sites excluding steroid dienone is 1. The minimum absolute atomic E-state index is 0.0702. The van der Waals surface area contributed by atoms with Crippen LogP contribution in [0.5, 0.6) is 5.75 Å². The molecule has 66 valence electrons. The topological polar surface area (TPSA) is 44.0 Å². The number of phenols is 1. The van der Waals surface area contributed by atoms with Crippen LogP contribution in [0.3, 0.4) is 0 Å². The van der Waals surface area contributed by atoms with Crippen LogP contribution in [0.1, 0.15) is 11.1 Å². The molecular formula is C10H8ClNO. The average Bonchev–Trinajstić information content (AvgIpc) is 2.04. The number of hydrogen-bond donors (Lipinski definition) is 1. The lowest BCUT2D eigenvalue weighted by Gasteiger charge is -2.03. The summed E-state index contributed by atoms with van der Waals surface area (Å²) >= 11 is 5.75. The number of phenolic OH excluding ortho intramolecular Hbond substituents is 1. The van der Waals surface area contributed by atoms with E-state index in [-0.39, 0.29) is 10.8 Å². The fourth-order valence-electron chi connectivity index (χ4n) is 1.09. The quantitative estimate of drug-likeness (QED) is 0.734. The highest BCUT2D eigenvalue weighted by Crippen LogP contribution is 2.25. The van der Waals surface area contributed by atoms with Crippen molar-refractivity contribution in [3.63, 3.8) is 0 Å². The van der Waals surface area contributed by atoms with E-state index in [0.29, 0.717) is 17.5 Å². The molecule has 1 aromatic carbocycles. The van der Waals surface area contributed by atoms with E-state index in [1.165, 1.54) is 12.1 Å². The van der Waals surface area contributed by atoms with Gasteiger partial charge in [0.15, 0.2) is 0 Å². The third-order valence-corrected chi connectivity index (χ3v) is 1.93. The van der Waals surface area contributed by atoms with Crippen LogP contribution in [0, 0.1) is 11.3 Å². The minimum atomic E-state index is 0.0702. The standard InChI is InChI=1S/C10H8ClNO/c1-2-3-7-4-8(13)5-10(11)9(7)6-12/h2,4-5,13H,1,3H2. The van der Waals surface area contributed by atoms with Gasteiger partial charge in [-0.25, -0.2) is 0 Å². The van der Waals surface area contributed by atoms with Crippen LogP contribution in [0.2, 0.25) is 5.02 Å². The minimum Gasteiger partial charge on any atom is -0.508 e. The molecule has 0 bridgehead atoms. The number of benzene rings is 1. The first-order chi connectivity index (χ1) is 6.19. The van der Waals surface area contributed by atoms with Crippen molar-refractivity contribution in [1.82, 2.24) is 0 Å². The first-order valence-electron chi connectivity index (χ1n) is 3.71. The predicted molar refractivity (Wildman–Crippen MR) is 51.7 cm³/mol. The maximum atomic E-state index is 9.21. The molecule has 1 N–H and O–H groups in total. The zero-order valence-corrected chi connectivity index (χ0v) is 7.67. The summed E-state index contributed by atoms with van der Waals surface area (Å²) in [6, 6.07) is 4.86. The summed E-state index contributed by atoms with van der Waals surface area (Å²) in [5.74, 6) is 0.0702. The molecule has 0 amide bonds. The fraction of sp³-hybridized carbons (Fsp3) is 0.100. The number of halogens is 1. The van der Waals surface area contributed by atoms with Gasteiger partial charge in [0.05, 0.1) is 10.6 Å². The van der Waals surface area contributed by atoms with E-state index in [9.17, 15) is 5.11 Å². The van der Waals surface area contributed by atoms with E-state index < -0.39 is 0 Å². The zero-order valence-electron chi connectivity index (χ0n) is 6.92. The summed E-state index contributed by atoms with van der Waals surface area (Å²) in [7, 11) is 0. The van der Waals surface area contributed by atoms with Crippen molar-refractivity contribution in [1.29, 1.82) is 5.26 Å². The van der Waals surface area contributed by atoms with E-state index in [4.69, 9.17) is 16.9 Å². The molecule has 1 aromatic rings. The Bertz CT molecular complexity index is 379. The predicted octanol–water partition coefficient (Wildman–Crippen LogP) is 2.65. The van der Waals surface area contributed by atoms with Crippen molar-refractivity contribution in [3.05, 3.63) is 40.9 Å². The van der Waals surface area contributed by atoms with E-state index in [1.54, 1.807) is 6.08 Å². The molecule has 0 heterocycles. The van der Waals surface area contributed by atoms with Gasteiger partial charge in [-0.2, -0.15) is 5.26 Å². The smallest absolute Gasteiger partial charge is 0.117 e. The van der Waals surface area contributed by atoms with Crippen LogP contribution >= 0.6 is 11.6 Å². The molecule has 2 nitrogen and oxygen atoms in total. The number of nitriles is 1. The summed E-state index contributed by atoms with van der Waals surface area (Å²) in [6.45, 7) is 3.56. The van der Waals surface area contributed by atoms with Crippen molar-refractivity contribution in [2.75, 3.05) is 0 Å². The van der Waals surface area contributed by atoms with Gasteiger partial charge < -0.3 is 5.11 Å². The van der Waals surface area contributed by atoms with Gasteiger partial charge in [0.2, 0.25) is 0 Å². The lowest BCUT2D eigenvalue weighted by molar-refractivity contribution is 0.474. The Balaban J connectivity index is 3.31. The van der Waals surface area contributed by atoms with Crippen molar-refractivity contribution in [2.45, 2.75) is 6.42 Å². The molecule has 0 aliphatic carbocycles. The highest BCUT2D eigenvalue weighted by Gasteiger charge is 2.07. The van der Waals surface area contributed by atoms with Gasteiger partial charge in [-0.15, -0.1) is 6.58 Å². The van der Waals surface area contributed by atoms with Crippen molar-refractivity contribution in [3.8, 4) is 11.8 Å². The molecule has 0 saturated carbocycles. The van der Waals surface area contributed by atoms with E-state index in [1.807, 2.05) is 6.07 Å². The average molecular weight is 194 g/mol. The van der Waals surface area contributed by atoms with Crippen LogP contribution < -0.4 is 0 Å². The maximum Gasteiger partial charge on any atom is 0.117 e. The molecule has 0 aliphatic heterocycles. The van der Waals surface area contributed by atoms with Crippen LogP contribution in [0.4, 0.5) is 0 Å². The molecule has 0 fully saturated rings. The van der Waals surface area contributed by atoms with Crippen molar-refractivity contribution >= 4 is 11.6 Å². The first kappa shape index (κ1) is 9.63. The van der Waals surface area contributed by atoms with Crippen LogP contribution in [-0.2, 0) is 6.42 Å². The molecule has 13 heavy (non-hydrogen) atoms. The highest BCUT2D eigenvalue weighted by atomic mass is 35.5. The molecule has 0 saturated heterocycles. The Kier molecular flexibility index (Phi) is 2.94. The Morgan fingerprint density at radius 3 is 2.85 bits per heavy atom. The van der Waals surface area contributed by atoms with Gasteiger partial charge in [0.1, 0.15) is 11.8 Å². The van der Waals surface area contributed by atoms with Crippen LogP contribution in [0.25, 0.3) is 0 Å². The second-order valence-corrected chi connectivity index (χ2v) is 2.97. The van der Waals surface area contributed by atoms with Gasteiger partial charge in [-0.05, 0) is 24.1 Å². The molecular weight excluding hydrogens is 186 g/mol. The molecule has 1 rings (SSSR count). The second kappa shape index (κ2) is 3.97. The summed E-state index contributed by atoms with van der Waals surface area (Å²) in [6.07, 6.45) is 2.18. The summed E-state index contributed by atoms with van der Waals surface area (Å²) < 4.78 is 0. The van der Waals surface area contributed by atoms with Gasteiger partial charge in [0.25, 0.3) is 0 Å². The molecule has 0 spiro atoms. The fourth-order valence-corrected chi connectivity index (χ4v) is 1.36. The Hall–Kier alpha value is -1.46. The largest absolute Gasteiger partial charge is 0.508 e. The molecule has 0 aliphatic rings. The Morgan fingerprint density at radius 1 is 1.62 bits per heavy atom. The lowest BCUT2D eigenvalue weighted by Crippen LogP contribution is -1.89.